The van der Waals surface area contributed by atoms with Gasteiger partial charge in [0.15, 0.2) is 0 Å². The van der Waals surface area contributed by atoms with Crippen LogP contribution in [0, 0.1) is 0 Å². The minimum Gasteiger partial charge on any atom is -0.444 e. The molecule has 0 aromatic rings. The summed E-state index contributed by atoms with van der Waals surface area (Å²) in [5, 5.41) is 12.5. The number of rotatable bonds is 4. The van der Waals surface area contributed by atoms with E-state index in [1.54, 1.807) is 0 Å². The molecule has 2 rings (SSSR count). The summed E-state index contributed by atoms with van der Waals surface area (Å²) in [7, 11) is 0. The van der Waals surface area contributed by atoms with E-state index in [9.17, 15) is 4.79 Å². The molecule has 1 unspecified atom stereocenters. The van der Waals surface area contributed by atoms with Crippen LogP contribution in [-0.2, 0) is 4.74 Å². The summed E-state index contributed by atoms with van der Waals surface area (Å²) in [5.74, 6) is 0. The van der Waals surface area contributed by atoms with Crippen molar-refractivity contribution in [2.24, 2.45) is 0 Å². The fourth-order valence-electron chi connectivity index (χ4n) is 3.78. The Bertz CT molecular complexity index is 359. The number of amides is 1. The highest BCUT2D eigenvalue weighted by Crippen LogP contribution is 2.43. The van der Waals surface area contributed by atoms with Crippen LogP contribution in [-0.4, -0.2) is 53.0 Å². The number of hydrogen-bond acceptors (Lipinski definition) is 4. The maximum absolute atomic E-state index is 12.5. The smallest absolute Gasteiger partial charge is 0.410 e. The fourth-order valence-corrected chi connectivity index (χ4v) is 3.78. The van der Waals surface area contributed by atoms with Crippen molar-refractivity contribution in [3.05, 3.63) is 0 Å². The van der Waals surface area contributed by atoms with E-state index in [0.717, 1.165) is 38.8 Å². The van der Waals surface area contributed by atoms with E-state index in [-0.39, 0.29) is 18.2 Å². The van der Waals surface area contributed by atoms with Crippen LogP contribution in [0.15, 0.2) is 0 Å². The molecule has 21 heavy (non-hydrogen) atoms. The molecule has 5 nitrogen and oxygen atoms in total. The summed E-state index contributed by atoms with van der Waals surface area (Å²) in [5.41, 5.74) is -0.517. The van der Waals surface area contributed by atoms with Gasteiger partial charge in [0.1, 0.15) is 5.60 Å². The number of nitrogens with one attached hydrogen (secondary N) is 1. The summed E-state index contributed by atoms with van der Waals surface area (Å²) >= 11 is 0. The molecule has 1 heterocycles. The van der Waals surface area contributed by atoms with Crippen molar-refractivity contribution in [1.29, 1.82) is 0 Å². The quantitative estimate of drug-likeness (QED) is 0.782. The van der Waals surface area contributed by atoms with E-state index >= 15 is 0 Å². The maximum atomic E-state index is 12.5. The Morgan fingerprint density at radius 1 is 1.38 bits per heavy atom. The molecule has 5 heteroatoms. The number of hydrogen-bond donors (Lipinski definition) is 2. The molecule has 1 aliphatic heterocycles. The third-order valence-corrected chi connectivity index (χ3v) is 4.64. The lowest BCUT2D eigenvalue weighted by atomic mass is 9.89. The van der Waals surface area contributed by atoms with Gasteiger partial charge in [-0.15, -0.1) is 0 Å². The average Bonchev–Trinajstić information content (AvgIpc) is 2.98. The molecule has 1 saturated heterocycles. The lowest BCUT2D eigenvalue weighted by Gasteiger charge is -2.40. The van der Waals surface area contributed by atoms with Gasteiger partial charge in [-0.3, -0.25) is 0 Å². The second-order valence-electron chi connectivity index (χ2n) is 7.32. The highest BCUT2D eigenvalue weighted by atomic mass is 16.6. The highest BCUT2D eigenvalue weighted by Gasteiger charge is 2.52. The van der Waals surface area contributed by atoms with Crippen molar-refractivity contribution in [3.63, 3.8) is 0 Å². The summed E-state index contributed by atoms with van der Waals surface area (Å²) in [6.45, 7) is 7.54. The van der Waals surface area contributed by atoms with Gasteiger partial charge in [0.25, 0.3) is 0 Å². The molecule has 1 saturated carbocycles. The number of nitrogens with zero attached hydrogens (tertiary/aromatic N) is 1. The zero-order valence-electron chi connectivity index (χ0n) is 13.7. The molecule has 0 bridgehead atoms. The Balaban J connectivity index is 2.06. The van der Waals surface area contributed by atoms with Crippen LogP contribution in [0.1, 0.15) is 59.3 Å². The Labute approximate surface area is 128 Å². The molecule has 2 aliphatic rings. The zero-order chi connectivity index (χ0) is 15.5. The molecule has 0 radical (unpaired) electrons. The van der Waals surface area contributed by atoms with Crippen molar-refractivity contribution >= 4 is 6.09 Å². The van der Waals surface area contributed by atoms with Crippen LogP contribution in [0.25, 0.3) is 0 Å². The number of aliphatic hydroxyl groups is 1. The zero-order valence-corrected chi connectivity index (χ0v) is 13.7. The largest absolute Gasteiger partial charge is 0.444 e. The van der Waals surface area contributed by atoms with Crippen LogP contribution in [0.3, 0.4) is 0 Å². The molecule has 2 N–H and O–H groups in total. The number of carbonyl (C=O) groups is 1. The Morgan fingerprint density at radius 2 is 2.05 bits per heavy atom. The van der Waals surface area contributed by atoms with Crippen molar-refractivity contribution in [3.8, 4) is 0 Å². The van der Waals surface area contributed by atoms with Crippen LogP contribution >= 0.6 is 0 Å². The van der Waals surface area contributed by atoms with E-state index < -0.39 is 5.60 Å². The van der Waals surface area contributed by atoms with Gasteiger partial charge in [0.05, 0.1) is 5.54 Å². The lowest BCUT2D eigenvalue weighted by Crippen LogP contribution is -2.56. The number of ether oxygens (including phenoxy) is 1. The van der Waals surface area contributed by atoms with E-state index in [0.29, 0.717) is 6.04 Å². The standard InChI is InChI=1S/C16H30N2O3/c1-15(2,3)21-14(20)18-11-7-13(17-10-6-12-19)16(18)8-4-5-9-16/h13,17,19H,4-12H2,1-3H3. The molecule has 122 valence electrons. The van der Waals surface area contributed by atoms with Gasteiger partial charge in [0.2, 0.25) is 0 Å². The van der Waals surface area contributed by atoms with Crippen LogP contribution in [0.5, 0.6) is 0 Å². The Morgan fingerprint density at radius 3 is 2.62 bits per heavy atom. The van der Waals surface area contributed by atoms with E-state index in [4.69, 9.17) is 9.84 Å². The molecule has 1 aliphatic carbocycles. The van der Waals surface area contributed by atoms with Crippen LogP contribution < -0.4 is 5.32 Å². The van der Waals surface area contributed by atoms with Crippen molar-refractivity contribution < 1.29 is 14.6 Å². The maximum Gasteiger partial charge on any atom is 0.410 e. The first kappa shape index (κ1) is 16.6. The van der Waals surface area contributed by atoms with E-state index in [2.05, 4.69) is 5.32 Å². The molecule has 1 spiro atoms. The molecular weight excluding hydrogens is 268 g/mol. The third-order valence-electron chi connectivity index (χ3n) is 4.64. The van der Waals surface area contributed by atoms with Crippen LogP contribution in [0.2, 0.25) is 0 Å². The summed E-state index contributed by atoms with van der Waals surface area (Å²) < 4.78 is 5.60. The Kier molecular flexibility index (Phi) is 5.15. The molecule has 0 aromatic carbocycles. The van der Waals surface area contributed by atoms with Gasteiger partial charge in [-0.25, -0.2) is 4.79 Å². The minimum absolute atomic E-state index is 0.0716. The predicted octanol–water partition coefficient (Wildman–Crippen LogP) is 2.28. The molecule has 0 aromatic heterocycles. The second kappa shape index (κ2) is 6.53. The van der Waals surface area contributed by atoms with Crippen molar-refractivity contribution in [2.75, 3.05) is 19.7 Å². The monoisotopic (exact) mass is 298 g/mol. The van der Waals surface area contributed by atoms with Gasteiger partial charge in [-0.1, -0.05) is 12.8 Å². The first-order valence-corrected chi connectivity index (χ1v) is 8.24. The van der Waals surface area contributed by atoms with Gasteiger partial charge in [0, 0.05) is 19.2 Å². The van der Waals surface area contributed by atoms with Gasteiger partial charge in [-0.2, -0.15) is 0 Å². The third kappa shape index (κ3) is 3.69. The molecular formula is C16H30N2O3. The SMILES string of the molecule is CC(C)(C)OC(=O)N1CCC(NCCCO)C12CCCC2. The molecule has 1 amide bonds. The highest BCUT2D eigenvalue weighted by molar-refractivity contribution is 5.70. The lowest BCUT2D eigenvalue weighted by molar-refractivity contribution is 0.00552. The fraction of sp³-hybridized carbons (Fsp3) is 0.938. The summed E-state index contributed by atoms with van der Waals surface area (Å²) in [6.07, 6.45) is 6.04. The van der Waals surface area contributed by atoms with Gasteiger partial charge in [-0.05, 0) is 53.0 Å². The number of aliphatic hydroxyl groups excluding tert-OH is 1. The number of carbonyl (C=O) groups excluding carboxylic acids is 1. The van der Waals surface area contributed by atoms with Crippen molar-refractivity contribution in [2.45, 2.75) is 76.5 Å². The average molecular weight is 298 g/mol. The van der Waals surface area contributed by atoms with Crippen LogP contribution in [0.4, 0.5) is 4.79 Å². The second-order valence-corrected chi connectivity index (χ2v) is 7.32. The van der Waals surface area contributed by atoms with E-state index in [1.807, 2.05) is 25.7 Å². The molecule has 2 fully saturated rings. The first-order valence-electron chi connectivity index (χ1n) is 8.24. The first-order chi connectivity index (χ1) is 9.89. The normalized spacial score (nSPS) is 24.8. The van der Waals surface area contributed by atoms with Crippen molar-refractivity contribution in [1.82, 2.24) is 10.2 Å². The van der Waals surface area contributed by atoms with Gasteiger partial charge < -0.3 is 20.1 Å². The summed E-state index contributed by atoms with van der Waals surface area (Å²) in [6, 6.07) is 0.332. The van der Waals surface area contributed by atoms with E-state index in [1.165, 1.54) is 12.8 Å². The van der Waals surface area contributed by atoms with Gasteiger partial charge >= 0.3 is 6.09 Å². The summed E-state index contributed by atoms with van der Waals surface area (Å²) in [4.78, 5) is 14.5. The molecule has 1 atom stereocenters. The number of likely N-dealkylation sites (tertiary alicyclic amines) is 1. The topological polar surface area (TPSA) is 61.8 Å². The Hall–Kier alpha value is -0.810. The minimum atomic E-state index is -0.445. The predicted molar refractivity (Wildman–Crippen MR) is 82.2 cm³/mol.